The molecule has 0 saturated carbocycles. The lowest BCUT2D eigenvalue weighted by Crippen LogP contribution is -2.31. The van der Waals surface area contributed by atoms with E-state index in [-0.39, 0.29) is 16.7 Å². The summed E-state index contributed by atoms with van der Waals surface area (Å²) in [6, 6.07) is 7.13. The SMILES string of the molecule is CC(C)S(=O)(=O)c1c(Cl)ccc(NC2=NC(c3ccc(F)cc3)C(=O)N2)c1O. The van der Waals surface area contributed by atoms with E-state index >= 15 is 0 Å². The molecule has 2 aromatic carbocycles. The third-order valence-corrected chi connectivity index (χ3v) is 6.83. The first kappa shape index (κ1) is 20.1. The fourth-order valence-corrected chi connectivity index (χ4v) is 4.29. The zero-order valence-corrected chi connectivity index (χ0v) is 16.5. The summed E-state index contributed by atoms with van der Waals surface area (Å²) in [5.41, 5.74) is 0.501. The van der Waals surface area contributed by atoms with Crippen molar-refractivity contribution in [1.82, 2.24) is 5.32 Å². The predicted molar refractivity (Wildman–Crippen MR) is 104 cm³/mol. The molecule has 1 amide bonds. The van der Waals surface area contributed by atoms with Gasteiger partial charge < -0.3 is 10.4 Å². The molecule has 1 aliphatic rings. The number of hydrogen-bond donors (Lipinski definition) is 3. The molecule has 1 aliphatic heterocycles. The number of nitrogens with zero attached hydrogens (tertiary/aromatic N) is 1. The van der Waals surface area contributed by atoms with E-state index < -0.39 is 43.5 Å². The lowest BCUT2D eigenvalue weighted by Gasteiger charge is -2.15. The Kier molecular flexibility index (Phi) is 5.31. The summed E-state index contributed by atoms with van der Waals surface area (Å²) in [6.07, 6.45) is 0. The van der Waals surface area contributed by atoms with E-state index in [4.69, 9.17) is 11.6 Å². The van der Waals surface area contributed by atoms with Gasteiger partial charge in [0.05, 0.1) is 16.0 Å². The Labute approximate surface area is 166 Å². The summed E-state index contributed by atoms with van der Waals surface area (Å²) in [5.74, 6) is -1.43. The molecular weight excluding hydrogens is 409 g/mol. The van der Waals surface area contributed by atoms with Crippen molar-refractivity contribution in [1.29, 1.82) is 0 Å². The Morgan fingerprint density at radius 2 is 1.86 bits per heavy atom. The number of halogens is 2. The number of sulfone groups is 1. The van der Waals surface area contributed by atoms with E-state index in [1.807, 2.05) is 0 Å². The fraction of sp³-hybridized carbons (Fsp3) is 0.222. The lowest BCUT2D eigenvalue weighted by atomic mass is 10.1. The molecule has 0 radical (unpaired) electrons. The number of phenolic OH excluding ortho intramolecular Hbond substituents is 1. The van der Waals surface area contributed by atoms with Crippen LogP contribution in [0, 0.1) is 5.82 Å². The van der Waals surface area contributed by atoms with Crippen molar-refractivity contribution in [3.05, 3.63) is 52.8 Å². The highest BCUT2D eigenvalue weighted by molar-refractivity contribution is 7.92. The second-order valence-electron chi connectivity index (χ2n) is 6.41. The first-order chi connectivity index (χ1) is 13.1. The quantitative estimate of drug-likeness (QED) is 0.652. The standard InChI is InChI=1S/C18H17ClFN3O4S/c1-9(2)28(26,27)16-12(19)7-8-13(15(16)24)21-18-22-14(17(25)23-18)10-3-5-11(20)6-4-10/h3-9,14,24H,1-2H3,(H2,21,22,23,25). The van der Waals surface area contributed by atoms with Gasteiger partial charge in [0.2, 0.25) is 5.96 Å². The van der Waals surface area contributed by atoms with Gasteiger partial charge in [-0.1, -0.05) is 23.7 Å². The van der Waals surface area contributed by atoms with Crippen molar-refractivity contribution in [3.63, 3.8) is 0 Å². The second-order valence-corrected chi connectivity index (χ2v) is 9.26. The zero-order valence-electron chi connectivity index (χ0n) is 14.9. The molecule has 10 heteroatoms. The number of aliphatic imine (C=N–C) groups is 1. The number of benzene rings is 2. The number of carbonyl (C=O) groups excluding carboxylic acids is 1. The van der Waals surface area contributed by atoms with Crippen LogP contribution in [0.4, 0.5) is 10.1 Å². The number of anilines is 1. The highest BCUT2D eigenvalue weighted by atomic mass is 35.5. The first-order valence-corrected chi connectivity index (χ1v) is 10.2. The van der Waals surface area contributed by atoms with Crippen molar-refractivity contribution >= 4 is 39.0 Å². The molecule has 0 saturated heterocycles. The van der Waals surface area contributed by atoms with Crippen LogP contribution in [-0.2, 0) is 14.6 Å². The van der Waals surface area contributed by atoms with E-state index in [0.717, 1.165) is 0 Å². The topological polar surface area (TPSA) is 108 Å². The summed E-state index contributed by atoms with van der Waals surface area (Å²) in [7, 11) is -3.85. The Hall–Kier alpha value is -2.65. The van der Waals surface area contributed by atoms with Crippen LogP contribution in [0.1, 0.15) is 25.5 Å². The molecule has 2 aromatic rings. The highest BCUT2D eigenvalue weighted by Crippen LogP contribution is 2.38. The van der Waals surface area contributed by atoms with Crippen molar-refractivity contribution in [2.24, 2.45) is 4.99 Å². The van der Waals surface area contributed by atoms with E-state index in [2.05, 4.69) is 15.6 Å². The lowest BCUT2D eigenvalue weighted by molar-refractivity contribution is -0.120. The van der Waals surface area contributed by atoms with Crippen LogP contribution in [0.5, 0.6) is 5.75 Å². The van der Waals surface area contributed by atoms with Gasteiger partial charge in [-0.25, -0.2) is 17.8 Å². The largest absolute Gasteiger partial charge is 0.504 e. The molecule has 0 aromatic heterocycles. The molecule has 3 N–H and O–H groups in total. The molecule has 28 heavy (non-hydrogen) atoms. The summed E-state index contributed by atoms with van der Waals surface area (Å²) >= 11 is 5.99. The van der Waals surface area contributed by atoms with Crippen LogP contribution in [0.15, 0.2) is 46.3 Å². The maximum atomic E-state index is 13.1. The molecule has 1 atom stereocenters. The van der Waals surface area contributed by atoms with E-state index in [9.17, 15) is 22.7 Å². The number of guanidine groups is 1. The smallest absolute Gasteiger partial charge is 0.256 e. The van der Waals surface area contributed by atoms with Gasteiger partial charge in [-0.3, -0.25) is 10.1 Å². The van der Waals surface area contributed by atoms with Gasteiger partial charge in [-0.05, 0) is 43.7 Å². The van der Waals surface area contributed by atoms with Crippen LogP contribution < -0.4 is 10.6 Å². The average molecular weight is 426 g/mol. The van der Waals surface area contributed by atoms with E-state index in [0.29, 0.717) is 5.56 Å². The summed E-state index contributed by atoms with van der Waals surface area (Å²) in [4.78, 5) is 16.0. The number of amides is 1. The third-order valence-electron chi connectivity index (χ3n) is 4.18. The molecule has 1 heterocycles. The second kappa shape index (κ2) is 7.40. The molecule has 0 fully saturated rings. The zero-order chi connectivity index (χ0) is 20.6. The molecule has 0 spiro atoms. The van der Waals surface area contributed by atoms with Gasteiger partial charge >= 0.3 is 0 Å². The monoisotopic (exact) mass is 425 g/mol. The predicted octanol–water partition coefficient (Wildman–Crippen LogP) is 3.01. The van der Waals surface area contributed by atoms with Gasteiger partial charge in [0.15, 0.2) is 21.6 Å². The van der Waals surface area contributed by atoms with Gasteiger partial charge in [-0.2, -0.15) is 0 Å². The molecule has 1 unspecified atom stereocenters. The van der Waals surface area contributed by atoms with Crippen molar-refractivity contribution < 1.29 is 22.7 Å². The number of aromatic hydroxyl groups is 1. The molecule has 0 bridgehead atoms. The van der Waals surface area contributed by atoms with Gasteiger partial charge in [-0.15, -0.1) is 0 Å². The van der Waals surface area contributed by atoms with E-state index in [1.54, 1.807) is 0 Å². The van der Waals surface area contributed by atoms with Gasteiger partial charge in [0.25, 0.3) is 5.91 Å². The summed E-state index contributed by atoms with van der Waals surface area (Å²) in [6.45, 7) is 2.94. The number of nitrogens with one attached hydrogen (secondary N) is 2. The van der Waals surface area contributed by atoms with Crippen LogP contribution in [-0.4, -0.2) is 30.6 Å². The minimum absolute atomic E-state index is 0.0161. The normalized spacial score (nSPS) is 16.8. The summed E-state index contributed by atoms with van der Waals surface area (Å²) in [5, 5.41) is 14.8. The number of hydrogen-bond acceptors (Lipinski definition) is 6. The Morgan fingerprint density at radius 1 is 1.21 bits per heavy atom. The summed E-state index contributed by atoms with van der Waals surface area (Å²) < 4.78 is 38.0. The van der Waals surface area contributed by atoms with Crippen LogP contribution in [0.2, 0.25) is 5.02 Å². The van der Waals surface area contributed by atoms with Crippen molar-refractivity contribution in [2.45, 2.75) is 30.0 Å². The van der Waals surface area contributed by atoms with Crippen LogP contribution in [0.3, 0.4) is 0 Å². The van der Waals surface area contributed by atoms with Crippen LogP contribution >= 0.6 is 11.6 Å². The van der Waals surface area contributed by atoms with Crippen LogP contribution in [0.25, 0.3) is 0 Å². The number of phenols is 1. The first-order valence-electron chi connectivity index (χ1n) is 8.27. The maximum Gasteiger partial charge on any atom is 0.256 e. The Balaban J connectivity index is 1.93. The Bertz CT molecular complexity index is 1070. The number of rotatable bonds is 4. The minimum Gasteiger partial charge on any atom is -0.504 e. The van der Waals surface area contributed by atoms with Crippen molar-refractivity contribution in [3.8, 4) is 5.75 Å². The highest BCUT2D eigenvalue weighted by Gasteiger charge is 2.31. The average Bonchev–Trinajstić information content (AvgIpc) is 2.98. The van der Waals surface area contributed by atoms with Gasteiger partial charge in [0.1, 0.15) is 10.7 Å². The maximum absolute atomic E-state index is 13.1. The molecule has 7 nitrogen and oxygen atoms in total. The molecular formula is C18H17ClFN3O4S. The Morgan fingerprint density at radius 3 is 2.46 bits per heavy atom. The van der Waals surface area contributed by atoms with Gasteiger partial charge in [0, 0.05) is 0 Å². The minimum atomic E-state index is -3.85. The van der Waals surface area contributed by atoms with E-state index in [1.165, 1.54) is 50.2 Å². The number of carbonyl (C=O) groups is 1. The van der Waals surface area contributed by atoms with Crippen molar-refractivity contribution in [2.75, 3.05) is 5.32 Å². The molecule has 148 valence electrons. The molecule has 0 aliphatic carbocycles. The molecule has 3 rings (SSSR count). The third kappa shape index (κ3) is 3.67. The fourth-order valence-electron chi connectivity index (χ4n) is 2.62.